The van der Waals surface area contributed by atoms with E-state index < -0.39 is 0 Å². The number of rotatable bonds is 13. The van der Waals surface area contributed by atoms with Crippen LogP contribution in [0.5, 0.6) is 0 Å². The largest absolute Gasteiger partial charge is 0.383 e. The van der Waals surface area contributed by atoms with Gasteiger partial charge in [-0.25, -0.2) is 0 Å². The molecule has 47 heavy (non-hydrogen) atoms. The standard InChI is InChI=1S/C43H60N4/c1-10-34-23-38-20-30(6)21-39(44-12-3)27-45-41(38)25-36(34)18-16-14-13-15-17-19-37-26-43-40(24-35(37)11-2)32(8)46-28-31(7)22-42(46)33(9)47(43)29(4)5/h12,23-27,29,33,39,42,44H,3,6-8,10-11,13-22,28H2,1-2,4-5,9H3. The van der Waals surface area contributed by atoms with Crippen molar-refractivity contribution < 1.29 is 0 Å². The normalized spacial score (nSPS) is 20.9. The summed E-state index contributed by atoms with van der Waals surface area (Å²) in [4.78, 5) is 10.1. The maximum absolute atomic E-state index is 4.91. The van der Waals surface area contributed by atoms with Gasteiger partial charge < -0.3 is 15.1 Å². The number of aliphatic imine (C=N–C) groups is 1. The molecule has 252 valence electrons. The number of hydrogen-bond acceptors (Lipinski definition) is 4. The lowest BCUT2D eigenvalue weighted by atomic mass is 9.91. The van der Waals surface area contributed by atoms with Gasteiger partial charge in [0.2, 0.25) is 0 Å². The van der Waals surface area contributed by atoms with E-state index in [9.17, 15) is 0 Å². The first-order chi connectivity index (χ1) is 22.6. The number of nitrogens with one attached hydrogen (secondary N) is 1. The predicted molar refractivity (Wildman–Crippen MR) is 205 cm³/mol. The Bertz CT molecular complexity index is 1510. The Morgan fingerprint density at radius 2 is 1.53 bits per heavy atom. The van der Waals surface area contributed by atoms with Crippen molar-refractivity contribution >= 4 is 23.3 Å². The van der Waals surface area contributed by atoms with Crippen molar-refractivity contribution in [3.63, 3.8) is 0 Å². The van der Waals surface area contributed by atoms with Crippen LogP contribution in [0.25, 0.3) is 5.70 Å². The van der Waals surface area contributed by atoms with Gasteiger partial charge in [-0.3, -0.25) is 4.99 Å². The van der Waals surface area contributed by atoms with Crippen LogP contribution in [0.4, 0.5) is 11.4 Å². The number of nitrogens with zero attached hydrogens (tertiary/aromatic N) is 3. The number of hydrogen-bond donors (Lipinski definition) is 1. The van der Waals surface area contributed by atoms with Crippen molar-refractivity contribution in [1.82, 2.24) is 10.2 Å². The molecule has 3 unspecified atom stereocenters. The minimum absolute atomic E-state index is 0.164. The van der Waals surface area contributed by atoms with Crippen LogP contribution in [-0.4, -0.2) is 41.8 Å². The topological polar surface area (TPSA) is 30.9 Å². The van der Waals surface area contributed by atoms with Gasteiger partial charge in [-0.15, -0.1) is 0 Å². The maximum Gasteiger partial charge on any atom is 0.0664 e. The number of anilines is 1. The molecule has 4 heteroatoms. The van der Waals surface area contributed by atoms with Gasteiger partial charge in [0, 0.05) is 41.8 Å². The minimum Gasteiger partial charge on any atom is -0.383 e. The lowest BCUT2D eigenvalue weighted by Crippen LogP contribution is -2.48. The van der Waals surface area contributed by atoms with Crippen molar-refractivity contribution in [2.75, 3.05) is 11.4 Å². The highest BCUT2D eigenvalue weighted by atomic mass is 15.3. The first kappa shape index (κ1) is 34.8. The molecule has 3 heterocycles. The van der Waals surface area contributed by atoms with Crippen LogP contribution in [0, 0.1) is 0 Å². The molecule has 3 aliphatic heterocycles. The smallest absolute Gasteiger partial charge is 0.0664 e. The van der Waals surface area contributed by atoms with Gasteiger partial charge in [0.15, 0.2) is 0 Å². The zero-order chi connectivity index (χ0) is 33.7. The van der Waals surface area contributed by atoms with Crippen LogP contribution >= 0.6 is 0 Å². The van der Waals surface area contributed by atoms with Gasteiger partial charge in [-0.05, 0) is 131 Å². The molecule has 3 atom stereocenters. The quantitative estimate of drug-likeness (QED) is 0.176. The van der Waals surface area contributed by atoms with Gasteiger partial charge in [0.25, 0.3) is 0 Å². The van der Waals surface area contributed by atoms with Gasteiger partial charge >= 0.3 is 0 Å². The van der Waals surface area contributed by atoms with Gasteiger partial charge in [-0.1, -0.05) is 76.6 Å². The molecule has 2 aromatic carbocycles. The summed E-state index contributed by atoms with van der Waals surface area (Å²) in [6.45, 7) is 29.8. The Morgan fingerprint density at radius 1 is 0.872 bits per heavy atom. The minimum atomic E-state index is 0.164. The van der Waals surface area contributed by atoms with E-state index in [2.05, 4.69) is 100 Å². The second-order valence-electron chi connectivity index (χ2n) is 14.6. The number of benzene rings is 2. The summed E-state index contributed by atoms with van der Waals surface area (Å²) in [7, 11) is 0. The van der Waals surface area contributed by atoms with E-state index in [1.54, 1.807) is 6.20 Å². The molecular formula is C43H60N4. The summed E-state index contributed by atoms with van der Waals surface area (Å²) in [6, 6.07) is 11.2. The molecule has 0 radical (unpaired) electrons. The van der Waals surface area contributed by atoms with Crippen LogP contribution in [0.1, 0.15) is 113 Å². The molecule has 0 amide bonds. The third-order valence-electron chi connectivity index (χ3n) is 10.8. The SMILES string of the molecule is C=CNC1C=Nc2cc(CCCCCCCc3cc4c(cc3CC)C(=C)N3CC(=C)CC3C(C)N4C(C)C)c(CC)cc2CC(=C)C1. The number of fused-ring (bicyclic) bond motifs is 3. The first-order valence-electron chi connectivity index (χ1n) is 18.4. The Morgan fingerprint density at radius 3 is 2.19 bits per heavy atom. The fourth-order valence-corrected chi connectivity index (χ4v) is 8.39. The Balaban J connectivity index is 1.19. The fourth-order valence-electron chi connectivity index (χ4n) is 8.39. The van der Waals surface area contributed by atoms with E-state index >= 15 is 0 Å². The first-order valence-corrected chi connectivity index (χ1v) is 18.4. The molecule has 4 nitrogen and oxygen atoms in total. The highest BCUT2D eigenvalue weighted by molar-refractivity contribution is 5.79. The summed E-state index contributed by atoms with van der Waals surface area (Å²) in [5, 5.41) is 3.30. The van der Waals surface area contributed by atoms with Crippen LogP contribution in [-0.2, 0) is 32.1 Å². The molecule has 0 aliphatic carbocycles. The third kappa shape index (κ3) is 7.79. The molecule has 1 fully saturated rings. The Hall–Kier alpha value is -3.53. The van der Waals surface area contributed by atoms with E-state index in [-0.39, 0.29) is 6.04 Å². The fraction of sp³-hybridized carbons (Fsp3) is 0.512. The van der Waals surface area contributed by atoms with Gasteiger partial charge in [0.1, 0.15) is 0 Å². The van der Waals surface area contributed by atoms with E-state index in [0.717, 1.165) is 57.2 Å². The number of unbranched alkanes of at least 4 members (excludes halogenated alkanes) is 4. The molecule has 1 saturated heterocycles. The highest BCUT2D eigenvalue weighted by Crippen LogP contribution is 2.43. The van der Waals surface area contributed by atoms with Crippen molar-refractivity contribution in [3.05, 3.63) is 101 Å². The van der Waals surface area contributed by atoms with Crippen molar-refractivity contribution in [3.8, 4) is 0 Å². The van der Waals surface area contributed by atoms with Crippen molar-refractivity contribution in [2.45, 2.75) is 136 Å². The van der Waals surface area contributed by atoms with Crippen LogP contribution < -0.4 is 10.2 Å². The molecule has 5 rings (SSSR count). The Labute approximate surface area is 286 Å². The molecule has 0 saturated carbocycles. The molecule has 1 N–H and O–H groups in total. The Kier molecular flexibility index (Phi) is 11.5. The van der Waals surface area contributed by atoms with Crippen LogP contribution in [0.3, 0.4) is 0 Å². The third-order valence-corrected chi connectivity index (χ3v) is 10.8. The summed E-state index contributed by atoms with van der Waals surface area (Å²) >= 11 is 0. The molecule has 3 aliphatic rings. The molecule has 0 aromatic heterocycles. The van der Waals surface area contributed by atoms with E-state index in [4.69, 9.17) is 4.99 Å². The van der Waals surface area contributed by atoms with Crippen molar-refractivity contribution in [1.29, 1.82) is 0 Å². The monoisotopic (exact) mass is 632 g/mol. The van der Waals surface area contributed by atoms with Gasteiger partial charge in [0.05, 0.1) is 17.8 Å². The van der Waals surface area contributed by atoms with Crippen LogP contribution in [0.15, 0.2) is 72.9 Å². The second-order valence-corrected chi connectivity index (χ2v) is 14.6. The zero-order valence-electron chi connectivity index (χ0n) is 30.1. The molecule has 0 bridgehead atoms. The summed E-state index contributed by atoms with van der Waals surface area (Å²) in [5.74, 6) is 0. The van der Waals surface area contributed by atoms with E-state index in [1.165, 1.54) is 88.0 Å². The molecular weight excluding hydrogens is 573 g/mol. The summed E-state index contributed by atoms with van der Waals surface area (Å²) in [5.41, 5.74) is 14.9. The highest BCUT2D eigenvalue weighted by Gasteiger charge is 2.40. The van der Waals surface area contributed by atoms with Gasteiger partial charge in [-0.2, -0.15) is 0 Å². The van der Waals surface area contributed by atoms with E-state index in [1.807, 2.05) is 6.21 Å². The van der Waals surface area contributed by atoms with Crippen LogP contribution in [0.2, 0.25) is 0 Å². The van der Waals surface area contributed by atoms with E-state index in [0.29, 0.717) is 18.1 Å². The zero-order valence-corrected chi connectivity index (χ0v) is 30.1. The average Bonchev–Trinajstić information content (AvgIpc) is 3.41. The second kappa shape index (κ2) is 15.6. The predicted octanol–water partition coefficient (Wildman–Crippen LogP) is 10.1. The lowest BCUT2D eigenvalue weighted by molar-refractivity contribution is 0.319. The molecule has 2 aromatic rings. The molecule has 0 spiro atoms. The number of aryl methyl sites for hydroxylation is 4. The van der Waals surface area contributed by atoms with Crippen molar-refractivity contribution in [2.24, 2.45) is 4.99 Å². The summed E-state index contributed by atoms with van der Waals surface area (Å²) < 4.78 is 0. The average molecular weight is 633 g/mol. The lowest BCUT2D eigenvalue weighted by Gasteiger charge is -2.38. The summed E-state index contributed by atoms with van der Waals surface area (Å²) in [6.07, 6.45) is 17.4. The maximum atomic E-state index is 4.91.